The van der Waals surface area contributed by atoms with Gasteiger partial charge in [-0.1, -0.05) is 25.5 Å². The Kier molecular flexibility index (Phi) is 4.63. The predicted octanol–water partition coefficient (Wildman–Crippen LogP) is 4.85. The number of nitrogen functional groups attached to an aromatic ring is 1. The molecular weight excluding hydrogens is 374 g/mol. The van der Waals surface area contributed by atoms with Crippen LogP contribution in [0.2, 0.25) is 0 Å². The Labute approximate surface area is 146 Å². The lowest BCUT2D eigenvalue weighted by Gasteiger charge is -2.06. The third-order valence-electron chi connectivity index (χ3n) is 3.49. The molecule has 0 aliphatic carbocycles. The number of pyridine rings is 1. The molecule has 1 aromatic carbocycles. The lowest BCUT2D eigenvalue weighted by molar-refractivity contribution is 0.103. The summed E-state index contributed by atoms with van der Waals surface area (Å²) in [5, 5.41) is 3.72. The molecule has 0 radical (unpaired) electrons. The van der Waals surface area contributed by atoms with Crippen molar-refractivity contribution in [1.82, 2.24) is 4.98 Å². The van der Waals surface area contributed by atoms with Crippen molar-refractivity contribution in [2.45, 2.75) is 19.8 Å². The second-order valence-electron chi connectivity index (χ2n) is 5.18. The van der Waals surface area contributed by atoms with Crippen molar-refractivity contribution in [3.05, 3.63) is 51.4 Å². The Hall–Kier alpha value is -1.92. The number of anilines is 2. The van der Waals surface area contributed by atoms with Gasteiger partial charge in [0.25, 0.3) is 5.91 Å². The zero-order valence-electron chi connectivity index (χ0n) is 12.6. The fourth-order valence-corrected chi connectivity index (χ4v) is 3.73. The number of fused-ring (bicyclic) bond motifs is 1. The maximum atomic E-state index is 12.5. The van der Waals surface area contributed by atoms with Gasteiger partial charge in [-0.05, 0) is 46.6 Å². The van der Waals surface area contributed by atoms with E-state index in [9.17, 15) is 4.79 Å². The van der Waals surface area contributed by atoms with Gasteiger partial charge in [0.05, 0.1) is 11.4 Å². The maximum Gasteiger partial charge on any atom is 0.267 e. The van der Waals surface area contributed by atoms with Crippen LogP contribution in [0.4, 0.5) is 11.4 Å². The first-order valence-electron chi connectivity index (χ1n) is 7.34. The number of nitrogens with two attached hydrogens (primary N) is 1. The first-order chi connectivity index (χ1) is 11.1. The summed E-state index contributed by atoms with van der Waals surface area (Å²) in [6.45, 7) is 2.12. The summed E-state index contributed by atoms with van der Waals surface area (Å²) in [5.74, 6) is -0.213. The number of rotatable bonds is 4. The molecule has 2 heterocycles. The van der Waals surface area contributed by atoms with E-state index < -0.39 is 0 Å². The van der Waals surface area contributed by atoms with Crippen molar-refractivity contribution in [1.29, 1.82) is 0 Å². The smallest absolute Gasteiger partial charge is 0.267 e. The van der Waals surface area contributed by atoms with Gasteiger partial charge in [0.15, 0.2) is 0 Å². The van der Waals surface area contributed by atoms with Crippen LogP contribution in [0.3, 0.4) is 0 Å². The lowest BCUT2D eigenvalue weighted by atomic mass is 10.2. The number of carbonyl (C=O) groups is 1. The molecule has 3 N–H and O–H groups in total. The fourth-order valence-electron chi connectivity index (χ4n) is 2.34. The maximum absolute atomic E-state index is 12.5. The highest BCUT2D eigenvalue weighted by atomic mass is 79.9. The van der Waals surface area contributed by atoms with Gasteiger partial charge in [-0.2, -0.15) is 0 Å². The molecule has 6 heteroatoms. The van der Waals surface area contributed by atoms with Gasteiger partial charge in [-0.25, -0.2) is 4.98 Å². The van der Waals surface area contributed by atoms with Crippen LogP contribution in [-0.2, 0) is 6.42 Å². The number of hydrogen-bond donors (Lipinski definition) is 2. The Morgan fingerprint density at radius 3 is 2.83 bits per heavy atom. The Balaban J connectivity index is 1.94. The number of thiophene rings is 1. The van der Waals surface area contributed by atoms with Crippen LogP contribution in [-0.4, -0.2) is 10.9 Å². The van der Waals surface area contributed by atoms with Crippen LogP contribution in [0.5, 0.6) is 0 Å². The molecule has 0 atom stereocenters. The van der Waals surface area contributed by atoms with E-state index in [1.807, 2.05) is 36.4 Å². The van der Waals surface area contributed by atoms with Gasteiger partial charge in [0.2, 0.25) is 0 Å². The lowest BCUT2D eigenvalue weighted by Crippen LogP contribution is -2.12. The minimum Gasteiger partial charge on any atom is -0.397 e. The molecule has 0 aliphatic rings. The zero-order chi connectivity index (χ0) is 16.4. The minimum absolute atomic E-state index is 0.213. The average Bonchev–Trinajstić information content (AvgIpc) is 2.86. The largest absolute Gasteiger partial charge is 0.397 e. The van der Waals surface area contributed by atoms with E-state index in [4.69, 9.17) is 5.73 Å². The summed E-state index contributed by atoms with van der Waals surface area (Å²) >= 11 is 4.76. The highest BCUT2D eigenvalue weighted by molar-refractivity contribution is 9.10. The molecule has 0 spiro atoms. The molecule has 23 heavy (non-hydrogen) atoms. The molecule has 4 nitrogen and oxygen atoms in total. The topological polar surface area (TPSA) is 68.0 Å². The highest BCUT2D eigenvalue weighted by Crippen LogP contribution is 2.33. The molecular formula is C17H16BrN3OS. The highest BCUT2D eigenvalue weighted by Gasteiger charge is 2.18. The quantitative estimate of drug-likeness (QED) is 0.670. The summed E-state index contributed by atoms with van der Waals surface area (Å²) in [6, 6.07) is 11.4. The van der Waals surface area contributed by atoms with Crippen molar-refractivity contribution in [3.8, 4) is 0 Å². The number of halogens is 1. The number of nitrogens with one attached hydrogen (secondary N) is 1. The molecule has 0 saturated carbocycles. The Morgan fingerprint density at radius 1 is 1.30 bits per heavy atom. The van der Waals surface area contributed by atoms with Crippen molar-refractivity contribution >= 4 is 54.8 Å². The van der Waals surface area contributed by atoms with E-state index in [-0.39, 0.29) is 5.91 Å². The van der Waals surface area contributed by atoms with Gasteiger partial charge < -0.3 is 11.1 Å². The Morgan fingerprint density at radius 2 is 2.09 bits per heavy atom. The van der Waals surface area contributed by atoms with Crippen molar-refractivity contribution in [3.63, 3.8) is 0 Å². The molecule has 0 bridgehead atoms. The molecule has 1 amide bonds. The van der Waals surface area contributed by atoms with Gasteiger partial charge in [0.1, 0.15) is 9.71 Å². The number of carbonyl (C=O) groups excluding carboxylic acids is 1. The van der Waals surface area contributed by atoms with Crippen LogP contribution < -0.4 is 11.1 Å². The normalized spacial score (nSPS) is 10.9. The molecule has 3 rings (SSSR count). The van der Waals surface area contributed by atoms with E-state index in [0.717, 1.165) is 33.2 Å². The van der Waals surface area contributed by atoms with Crippen molar-refractivity contribution in [2.75, 3.05) is 11.1 Å². The number of aromatic nitrogens is 1. The molecule has 0 unspecified atom stereocenters. The van der Waals surface area contributed by atoms with Gasteiger partial charge in [-0.15, -0.1) is 11.3 Å². The standard InChI is InChI=1S/C17H16BrN3OS/c1-2-5-10-8-9-11-14(19)15(23-17(11)20-10)16(22)21-13-7-4-3-6-12(13)18/h3-4,6-9H,2,5,19H2,1H3,(H,21,22). The van der Waals surface area contributed by atoms with Crippen LogP contribution in [0, 0.1) is 0 Å². The van der Waals surface area contributed by atoms with E-state index in [2.05, 4.69) is 33.2 Å². The summed E-state index contributed by atoms with van der Waals surface area (Å²) in [5.41, 5.74) is 8.39. The third kappa shape index (κ3) is 3.23. The number of nitrogens with zero attached hydrogens (tertiary/aromatic N) is 1. The van der Waals surface area contributed by atoms with Crippen LogP contribution in [0.1, 0.15) is 28.7 Å². The fraction of sp³-hybridized carbons (Fsp3) is 0.176. The minimum atomic E-state index is -0.213. The van der Waals surface area contributed by atoms with Crippen LogP contribution >= 0.6 is 27.3 Å². The van der Waals surface area contributed by atoms with E-state index >= 15 is 0 Å². The third-order valence-corrected chi connectivity index (χ3v) is 5.29. The first-order valence-corrected chi connectivity index (χ1v) is 8.95. The van der Waals surface area contributed by atoms with Crippen molar-refractivity contribution in [2.24, 2.45) is 0 Å². The predicted molar refractivity (Wildman–Crippen MR) is 100 cm³/mol. The van der Waals surface area contributed by atoms with Gasteiger partial charge in [0, 0.05) is 15.6 Å². The van der Waals surface area contributed by atoms with Crippen LogP contribution in [0.25, 0.3) is 10.2 Å². The molecule has 2 aromatic heterocycles. The summed E-state index contributed by atoms with van der Waals surface area (Å²) < 4.78 is 0.830. The molecule has 0 saturated heterocycles. The van der Waals surface area contributed by atoms with Crippen LogP contribution in [0.15, 0.2) is 40.9 Å². The number of benzene rings is 1. The summed E-state index contributed by atoms with van der Waals surface area (Å²) in [4.78, 5) is 18.4. The van der Waals surface area contributed by atoms with E-state index in [0.29, 0.717) is 16.3 Å². The molecule has 3 aromatic rings. The van der Waals surface area contributed by atoms with E-state index in [1.165, 1.54) is 11.3 Å². The summed E-state index contributed by atoms with van der Waals surface area (Å²) in [7, 11) is 0. The van der Waals surface area contributed by atoms with Gasteiger partial charge >= 0.3 is 0 Å². The number of para-hydroxylation sites is 1. The summed E-state index contributed by atoms with van der Waals surface area (Å²) in [6.07, 6.45) is 1.96. The monoisotopic (exact) mass is 389 g/mol. The second-order valence-corrected chi connectivity index (χ2v) is 7.04. The average molecular weight is 390 g/mol. The van der Waals surface area contributed by atoms with Gasteiger partial charge in [-0.3, -0.25) is 4.79 Å². The number of hydrogen-bond acceptors (Lipinski definition) is 4. The second kappa shape index (κ2) is 6.68. The zero-order valence-corrected chi connectivity index (χ0v) is 15.0. The first kappa shape index (κ1) is 16.0. The molecule has 118 valence electrons. The Bertz CT molecular complexity index is 875. The molecule has 0 aliphatic heterocycles. The van der Waals surface area contributed by atoms with E-state index in [1.54, 1.807) is 0 Å². The number of aryl methyl sites for hydroxylation is 1. The number of amides is 1. The SMILES string of the molecule is CCCc1ccc2c(N)c(C(=O)Nc3ccccc3Br)sc2n1. The van der Waals surface area contributed by atoms with Crippen molar-refractivity contribution < 1.29 is 4.79 Å². The molecule has 0 fully saturated rings.